The Kier molecular flexibility index (Phi) is 5.53. The Bertz CT molecular complexity index is 757. The average molecular weight is 363 g/mol. The first-order chi connectivity index (χ1) is 10.8. The van der Waals surface area contributed by atoms with E-state index in [4.69, 9.17) is 9.47 Å². The van der Waals surface area contributed by atoms with E-state index in [1.807, 2.05) is 6.07 Å². The van der Waals surface area contributed by atoms with Gasteiger partial charge in [-0.2, -0.15) is 0 Å². The molecular weight excluding hydrogens is 342 g/mol. The molecular formula is C14H21NO6S2. The lowest BCUT2D eigenvalue weighted by molar-refractivity contribution is 0.354. The van der Waals surface area contributed by atoms with E-state index in [0.29, 0.717) is 17.9 Å². The van der Waals surface area contributed by atoms with Crippen LogP contribution in [-0.4, -0.2) is 54.4 Å². The van der Waals surface area contributed by atoms with Gasteiger partial charge in [-0.05, 0) is 30.5 Å². The lowest BCUT2D eigenvalue weighted by Gasteiger charge is -2.12. The maximum atomic E-state index is 12.1. The molecule has 1 atom stereocenters. The molecule has 0 spiro atoms. The molecule has 1 N–H and O–H groups in total. The van der Waals surface area contributed by atoms with Crippen molar-refractivity contribution in [2.24, 2.45) is 0 Å². The lowest BCUT2D eigenvalue weighted by atomic mass is 10.1. The Morgan fingerprint density at radius 1 is 1.22 bits per heavy atom. The first-order valence-corrected chi connectivity index (χ1v) is 10.5. The van der Waals surface area contributed by atoms with Gasteiger partial charge < -0.3 is 9.47 Å². The van der Waals surface area contributed by atoms with E-state index >= 15 is 0 Å². The summed E-state index contributed by atoms with van der Waals surface area (Å²) in [5.41, 5.74) is 0.893. The summed E-state index contributed by atoms with van der Waals surface area (Å²) >= 11 is 0. The number of sulfonamides is 1. The van der Waals surface area contributed by atoms with Gasteiger partial charge >= 0.3 is 0 Å². The fraction of sp³-hybridized carbons (Fsp3) is 0.571. The van der Waals surface area contributed by atoms with Crippen LogP contribution < -0.4 is 14.2 Å². The van der Waals surface area contributed by atoms with Crippen molar-refractivity contribution in [1.29, 1.82) is 0 Å². The van der Waals surface area contributed by atoms with Crippen LogP contribution in [0.15, 0.2) is 18.2 Å². The lowest BCUT2D eigenvalue weighted by Crippen LogP contribution is -2.36. The molecule has 1 aromatic rings. The zero-order valence-corrected chi connectivity index (χ0v) is 14.7. The van der Waals surface area contributed by atoms with Gasteiger partial charge in [0, 0.05) is 6.54 Å². The summed E-state index contributed by atoms with van der Waals surface area (Å²) in [6.07, 6.45) is 0.632. The van der Waals surface area contributed by atoms with Gasteiger partial charge in [-0.15, -0.1) is 0 Å². The number of nitrogens with one attached hydrogen (secondary N) is 1. The molecule has 1 saturated heterocycles. The van der Waals surface area contributed by atoms with E-state index in [2.05, 4.69) is 4.72 Å². The highest BCUT2D eigenvalue weighted by atomic mass is 32.2. The third-order valence-electron chi connectivity index (χ3n) is 3.79. The highest BCUT2D eigenvalue weighted by Crippen LogP contribution is 2.27. The summed E-state index contributed by atoms with van der Waals surface area (Å²) in [6, 6.07) is 5.37. The number of methoxy groups -OCH3 is 2. The topological polar surface area (TPSA) is 98.8 Å². The van der Waals surface area contributed by atoms with Gasteiger partial charge in [0.25, 0.3) is 0 Å². The normalized spacial score (nSPS) is 20.3. The SMILES string of the molecule is COc1ccc(CCNS(=O)(=O)C2CCS(=O)(=O)C2)cc1OC. The molecule has 9 heteroatoms. The molecule has 1 unspecified atom stereocenters. The van der Waals surface area contributed by atoms with E-state index in [-0.39, 0.29) is 24.5 Å². The number of ether oxygens (including phenoxy) is 2. The molecule has 130 valence electrons. The summed E-state index contributed by atoms with van der Waals surface area (Å²) < 4.78 is 59.9. The predicted molar refractivity (Wildman–Crippen MR) is 87.2 cm³/mol. The first-order valence-electron chi connectivity index (χ1n) is 7.17. The van der Waals surface area contributed by atoms with E-state index in [1.54, 1.807) is 19.2 Å². The van der Waals surface area contributed by atoms with Crippen molar-refractivity contribution in [2.75, 3.05) is 32.3 Å². The number of rotatable bonds is 7. The molecule has 0 radical (unpaired) electrons. The maximum absolute atomic E-state index is 12.1. The van der Waals surface area contributed by atoms with Crippen LogP contribution in [0.25, 0.3) is 0 Å². The highest BCUT2D eigenvalue weighted by Gasteiger charge is 2.36. The second-order valence-corrected chi connectivity index (χ2v) is 9.68. The molecule has 0 aromatic heterocycles. The molecule has 0 saturated carbocycles. The van der Waals surface area contributed by atoms with Crippen LogP contribution in [0.4, 0.5) is 0 Å². The van der Waals surface area contributed by atoms with Crippen molar-refractivity contribution >= 4 is 19.9 Å². The summed E-state index contributed by atoms with van der Waals surface area (Å²) in [5.74, 6) is 0.829. The standard InChI is InChI=1S/C14H21NO6S2/c1-20-13-4-3-11(9-14(13)21-2)5-7-15-23(18,19)12-6-8-22(16,17)10-12/h3-4,9,12,15H,5-8,10H2,1-2H3. The second-order valence-electron chi connectivity index (χ2n) is 5.40. The quantitative estimate of drug-likeness (QED) is 0.751. The van der Waals surface area contributed by atoms with Crippen molar-refractivity contribution in [1.82, 2.24) is 4.72 Å². The minimum absolute atomic E-state index is 0.0613. The Labute approximate surface area is 137 Å². The van der Waals surface area contributed by atoms with Crippen molar-refractivity contribution in [3.63, 3.8) is 0 Å². The summed E-state index contributed by atoms with van der Waals surface area (Å²) in [6.45, 7) is 0.203. The highest BCUT2D eigenvalue weighted by molar-refractivity contribution is 7.95. The summed E-state index contributed by atoms with van der Waals surface area (Å²) in [7, 11) is -3.76. The Morgan fingerprint density at radius 2 is 1.91 bits per heavy atom. The minimum Gasteiger partial charge on any atom is -0.493 e. The van der Waals surface area contributed by atoms with Crippen molar-refractivity contribution in [3.05, 3.63) is 23.8 Å². The number of hydrogen-bond acceptors (Lipinski definition) is 6. The number of hydrogen-bond donors (Lipinski definition) is 1. The third kappa shape index (κ3) is 4.58. The molecule has 0 amide bonds. The molecule has 1 aliphatic heterocycles. The van der Waals surface area contributed by atoms with Crippen LogP contribution in [0.3, 0.4) is 0 Å². The van der Waals surface area contributed by atoms with Gasteiger partial charge in [0.05, 0.1) is 31.0 Å². The molecule has 7 nitrogen and oxygen atoms in total. The van der Waals surface area contributed by atoms with Gasteiger partial charge in [0.1, 0.15) is 0 Å². The molecule has 0 aliphatic carbocycles. The molecule has 1 fully saturated rings. The third-order valence-corrected chi connectivity index (χ3v) is 7.66. The Hall–Kier alpha value is -1.32. The minimum atomic E-state index is -3.61. The second kappa shape index (κ2) is 7.06. The zero-order chi connectivity index (χ0) is 17.1. The molecule has 0 bridgehead atoms. The molecule has 1 heterocycles. The van der Waals surface area contributed by atoms with Crippen LogP contribution >= 0.6 is 0 Å². The molecule has 1 aromatic carbocycles. The van der Waals surface area contributed by atoms with Crippen LogP contribution in [0, 0.1) is 0 Å². The smallest absolute Gasteiger partial charge is 0.215 e. The average Bonchev–Trinajstić information content (AvgIpc) is 2.88. The summed E-state index contributed by atoms with van der Waals surface area (Å²) in [4.78, 5) is 0. The molecule has 1 aliphatic rings. The zero-order valence-electron chi connectivity index (χ0n) is 13.1. The monoisotopic (exact) mass is 363 g/mol. The van der Waals surface area contributed by atoms with Gasteiger partial charge in [0.15, 0.2) is 21.3 Å². The van der Waals surface area contributed by atoms with Gasteiger partial charge in [0.2, 0.25) is 10.0 Å². The number of benzene rings is 1. The van der Waals surface area contributed by atoms with Crippen LogP contribution in [-0.2, 0) is 26.3 Å². The van der Waals surface area contributed by atoms with Crippen molar-refractivity contribution in [3.8, 4) is 11.5 Å². The largest absolute Gasteiger partial charge is 0.493 e. The van der Waals surface area contributed by atoms with Gasteiger partial charge in [-0.25, -0.2) is 21.6 Å². The van der Waals surface area contributed by atoms with Crippen LogP contribution in [0.5, 0.6) is 11.5 Å². The van der Waals surface area contributed by atoms with Gasteiger partial charge in [-0.1, -0.05) is 6.07 Å². The fourth-order valence-electron chi connectivity index (χ4n) is 2.50. The Balaban J connectivity index is 1.94. The first kappa shape index (κ1) is 18.0. The molecule has 23 heavy (non-hydrogen) atoms. The van der Waals surface area contributed by atoms with Gasteiger partial charge in [-0.3, -0.25) is 0 Å². The van der Waals surface area contributed by atoms with E-state index in [0.717, 1.165) is 5.56 Å². The Morgan fingerprint density at radius 3 is 2.48 bits per heavy atom. The van der Waals surface area contributed by atoms with E-state index in [1.165, 1.54) is 7.11 Å². The van der Waals surface area contributed by atoms with Crippen molar-refractivity contribution < 1.29 is 26.3 Å². The maximum Gasteiger partial charge on any atom is 0.215 e. The number of sulfone groups is 1. The summed E-state index contributed by atoms with van der Waals surface area (Å²) in [5, 5.41) is -0.849. The van der Waals surface area contributed by atoms with Crippen LogP contribution in [0.1, 0.15) is 12.0 Å². The molecule has 2 rings (SSSR count). The fourth-order valence-corrected chi connectivity index (χ4v) is 6.58. The van der Waals surface area contributed by atoms with E-state index in [9.17, 15) is 16.8 Å². The van der Waals surface area contributed by atoms with E-state index < -0.39 is 25.1 Å². The van der Waals surface area contributed by atoms with Crippen molar-refractivity contribution in [2.45, 2.75) is 18.1 Å². The predicted octanol–water partition coefficient (Wildman–Crippen LogP) is 0.353. The van der Waals surface area contributed by atoms with Crippen LogP contribution in [0.2, 0.25) is 0 Å².